The quantitative estimate of drug-likeness (QED) is 0.228. The van der Waals surface area contributed by atoms with E-state index in [0.717, 1.165) is 22.2 Å². The fourth-order valence-corrected chi connectivity index (χ4v) is 4.60. The maximum Gasteiger partial charge on any atom is 0.251 e. The molecule has 1 aromatic carbocycles. The van der Waals surface area contributed by atoms with Crippen LogP contribution in [-0.2, 0) is 11.2 Å². The van der Waals surface area contributed by atoms with Gasteiger partial charge in [-0.3, -0.25) is 9.29 Å². The molecule has 9 heteroatoms. The molecule has 3 N–H and O–H groups in total. The van der Waals surface area contributed by atoms with Crippen LogP contribution in [0.3, 0.4) is 0 Å². The Bertz CT molecular complexity index is 1050. The minimum Gasteiger partial charge on any atom is -0.481 e. The Morgan fingerprint density at radius 3 is 2.77 bits per heavy atom. The van der Waals surface area contributed by atoms with Gasteiger partial charge in [0.1, 0.15) is 5.82 Å². The largest absolute Gasteiger partial charge is 0.481 e. The van der Waals surface area contributed by atoms with Crippen LogP contribution < -0.4 is 10.6 Å². The number of halogens is 3. The van der Waals surface area contributed by atoms with Crippen LogP contribution in [0.2, 0.25) is 0 Å². The molecule has 0 saturated carbocycles. The Labute approximate surface area is 205 Å². The molecule has 0 unspecified atom stereocenters. The van der Waals surface area contributed by atoms with Gasteiger partial charge in [-0.25, -0.2) is 8.78 Å². The van der Waals surface area contributed by atoms with E-state index < -0.39 is 12.5 Å². The number of nitrogens with zero attached hydrogens (tertiary/aromatic N) is 2. The van der Waals surface area contributed by atoms with Crippen molar-refractivity contribution in [2.75, 3.05) is 40.0 Å². The Hall–Kier alpha value is -2.78. The number of fused-ring (bicyclic) bond motifs is 3. The van der Waals surface area contributed by atoms with E-state index in [0.29, 0.717) is 43.9 Å². The van der Waals surface area contributed by atoms with Crippen LogP contribution in [0, 0.1) is 0 Å². The third kappa shape index (κ3) is 6.46. The van der Waals surface area contributed by atoms with E-state index in [1.165, 1.54) is 7.11 Å². The Kier molecular flexibility index (Phi) is 9.80. The van der Waals surface area contributed by atoms with E-state index in [1.807, 2.05) is 38.1 Å². The summed E-state index contributed by atoms with van der Waals surface area (Å²) in [5.41, 5.74) is 3.44. The monoisotopic (exact) mass is 491 g/mol. The molecule has 2 atom stereocenters. The van der Waals surface area contributed by atoms with Crippen molar-refractivity contribution in [3.05, 3.63) is 59.6 Å². The average molecular weight is 492 g/mol. The summed E-state index contributed by atoms with van der Waals surface area (Å²) in [6, 6.07) is 7.32. The van der Waals surface area contributed by atoms with Gasteiger partial charge in [0.25, 0.3) is 6.43 Å². The smallest absolute Gasteiger partial charge is 0.251 e. The highest BCUT2D eigenvalue weighted by Crippen LogP contribution is 2.41. The predicted octanol–water partition coefficient (Wildman–Crippen LogP) is 4.72. The number of ether oxygens (including phenoxy) is 1. The molecule has 0 amide bonds. The first kappa shape index (κ1) is 26.8. The Morgan fingerprint density at radius 2 is 2.09 bits per heavy atom. The van der Waals surface area contributed by atoms with Crippen LogP contribution >= 0.6 is 0 Å². The molecule has 1 aliphatic rings. The number of aliphatic imine (C=N–C) groups is 1. The van der Waals surface area contributed by atoms with Gasteiger partial charge in [0, 0.05) is 41.3 Å². The number of benzene rings is 1. The maximum atomic E-state index is 13.6. The van der Waals surface area contributed by atoms with Crippen LogP contribution in [0.4, 0.5) is 13.2 Å². The predicted molar refractivity (Wildman–Crippen MR) is 136 cm³/mol. The number of methoxy groups -OCH3 is 1. The number of allylic oxidation sites excluding steroid dienone is 1. The second-order valence-corrected chi connectivity index (χ2v) is 8.65. The van der Waals surface area contributed by atoms with Crippen molar-refractivity contribution in [1.82, 2.24) is 20.5 Å². The van der Waals surface area contributed by atoms with Crippen LogP contribution in [0.15, 0.2) is 53.3 Å². The van der Waals surface area contributed by atoms with E-state index in [2.05, 4.69) is 33.3 Å². The van der Waals surface area contributed by atoms with Crippen molar-refractivity contribution >= 4 is 16.8 Å². The number of hydrogen-bond acceptors (Lipinski definition) is 5. The second kappa shape index (κ2) is 12.8. The van der Waals surface area contributed by atoms with Crippen molar-refractivity contribution < 1.29 is 17.9 Å². The van der Waals surface area contributed by atoms with Crippen LogP contribution in [-0.4, -0.2) is 68.2 Å². The van der Waals surface area contributed by atoms with Gasteiger partial charge < -0.3 is 20.4 Å². The summed E-state index contributed by atoms with van der Waals surface area (Å²) >= 11 is 0. The van der Waals surface area contributed by atoms with Gasteiger partial charge in [0.2, 0.25) is 5.90 Å². The number of aromatic amines is 1. The normalized spacial score (nSPS) is 19.3. The molecule has 192 valence electrons. The summed E-state index contributed by atoms with van der Waals surface area (Å²) in [4.78, 5) is 9.84. The van der Waals surface area contributed by atoms with Crippen molar-refractivity contribution in [2.24, 2.45) is 4.99 Å². The number of H-pyrrole nitrogens is 1. The van der Waals surface area contributed by atoms with Crippen LogP contribution in [0.5, 0.6) is 0 Å². The van der Waals surface area contributed by atoms with E-state index in [-0.39, 0.29) is 25.2 Å². The number of rotatable bonds is 12. The molecule has 0 bridgehead atoms. The van der Waals surface area contributed by atoms with Crippen molar-refractivity contribution in [3.8, 4) is 0 Å². The van der Waals surface area contributed by atoms with Gasteiger partial charge in [-0.05, 0) is 50.9 Å². The lowest BCUT2D eigenvalue weighted by atomic mass is 9.88. The van der Waals surface area contributed by atoms with Crippen molar-refractivity contribution in [3.63, 3.8) is 0 Å². The molecule has 0 spiro atoms. The van der Waals surface area contributed by atoms with E-state index in [4.69, 9.17) is 4.74 Å². The summed E-state index contributed by atoms with van der Waals surface area (Å²) in [6.45, 7) is 9.20. The molecule has 2 heterocycles. The zero-order valence-electron chi connectivity index (χ0n) is 20.7. The van der Waals surface area contributed by atoms with Crippen molar-refractivity contribution in [2.45, 2.75) is 45.2 Å². The maximum absolute atomic E-state index is 13.6. The first-order chi connectivity index (χ1) is 16.9. The minimum atomic E-state index is -2.49. The van der Waals surface area contributed by atoms with Crippen LogP contribution in [0.1, 0.15) is 37.6 Å². The van der Waals surface area contributed by atoms with Crippen LogP contribution in [0.25, 0.3) is 10.9 Å². The molecular formula is C26H36F3N5O. The van der Waals surface area contributed by atoms with E-state index in [9.17, 15) is 13.2 Å². The number of para-hydroxylation sites is 1. The average Bonchev–Trinajstić information content (AvgIpc) is 3.21. The molecular weight excluding hydrogens is 455 g/mol. The highest BCUT2D eigenvalue weighted by Gasteiger charge is 2.39. The topological polar surface area (TPSA) is 64.7 Å². The summed E-state index contributed by atoms with van der Waals surface area (Å²) in [5.74, 6) is 0.857. The number of hydrogen-bond donors (Lipinski definition) is 3. The SMILES string of the molecule is C=C(/C(=N\C(=C/C)NCCNCCCF)OC)[C@@H]1c2[nH]c3ccccc3c2C[C@@H](C)N1CC(F)F. The second-order valence-electron chi connectivity index (χ2n) is 8.65. The Morgan fingerprint density at radius 1 is 1.31 bits per heavy atom. The molecule has 35 heavy (non-hydrogen) atoms. The Balaban J connectivity index is 1.89. The number of nitrogens with one attached hydrogen (secondary N) is 3. The van der Waals surface area contributed by atoms with Gasteiger partial charge in [-0.15, -0.1) is 0 Å². The lowest BCUT2D eigenvalue weighted by Gasteiger charge is -2.41. The van der Waals surface area contributed by atoms with Gasteiger partial charge in [-0.1, -0.05) is 24.8 Å². The summed E-state index contributed by atoms with van der Waals surface area (Å²) in [6.07, 6.45) is 0.460. The third-order valence-corrected chi connectivity index (χ3v) is 6.25. The molecule has 3 rings (SSSR count). The standard InChI is InChI=1S/C26H36F3N5O/c1-5-23(31-14-13-30-12-8-11-27)33-26(35-4)18(3)25-24-20(15-17(2)34(25)16-22(28)29)19-9-6-7-10-21(19)32-24/h5-7,9-10,17,22,25,30-32H,3,8,11-16H2,1-2,4H3/b23-5-,33-26+/t17-,25-/m1/s1. The fourth-order valence-electron chi connectivity index (χ4n) is 4.60. The molecule has 0 radical (unpaired) electrons. The minimum absolute atomic E-state index is 0.120. The van der Waals surface area contributed by atoms with Gasteiger partial charge in [-0.2, -0.15) is 4.99 Å². The lowest BCUT2D eigenvalue weighted by molar-refractivity contribution is 0.0455. The van der Waals surface area contributed by atoms with Crippen molar-refractivity contribution in [1.29, 1.82) is 0 Å². The van der Waals surface area contributed by atoms with Gasteiger partial charge in [0.05, 0.1) is 26.4 Å². The summed E-state index contributed by atoms with van der Waals surface area (Å²) < 4.78 is 45.1. The zero-order chi connectivity index (χ0) is 25.4. The number of alkyl halides is 3. The number of aromatic nitrogens is 1. The van der Waals surface area contributed by atoms with Gasteiger partial charge in [0.15, 0.2) is 0 Å². The third-order valence-electron chi connectivity index (χ3n) is 6.25. The highest BCUT2D eigenvalue weighted by atomic mass is 19.3. The molecule has 0 aliphatic carbocycles. The molecule has 2 aromatic rings. The first-order valence-corrected chi connectivity index (χ1v) is 12.0. The molecule has 6 nitrogen and oxygen atoms in total. The highest BCUT2D eigenvalue weighted by molar-refractivity contribution is 5.96. The summed E-state index contributed by atoms with van der Waals surface area (Å²) in [5, 5.41) is 7.46. The van der Waals surface area contributed by atoms with E-state index >= 15 is 0 Å². The van der Waals surface area contributed by atoms with Gasteiger partial charge >= 0.3 is 0 Å². The first-order valence-electron chi connectivity index (χ1n) is 12.0. The zero-order valence-corrected chi connectivity index (χ0v) is 20.7. The van der Waals surface area contributed by atoms with E-state index in [1.54, 1.807) is 4.90 Å². The molecule has 0 saturated heterocycles. The molecule has 0 fully saturated rings. The molecule has 1 aromatic heterocycles. The fraction of sp³-hybridized carbons (Fsp3) is 0.500. The molecule has 1 aliphatic heterocycles. The lowest BCUT2D eigenvalue weighted by Crippen LogP contribution is -2.46. The summed E-state index contributed by atoms with van der Waals surface area (Å²) in [7, 11) is 1.51.